The number of fused-ring (bicyclic) bond motifs is 9. The van der Waals surface area contributed by atoms with Crippen molar-refractivity contribution in [3.63, 3.8) is 0 Å². The molecule has 0 aliphatic heterocycles. The van der Waals surface area contributed by atoms with Crippen molar-refractivity contribution in [1.82, 2.24) is 9.13 Å². The van der Waals surface area contributed by atoms with Crippen LogP contribution in [0.25, 0.3) is 66.1 Å². The van der Waals surface area contributed by atoms with Crippen LogP contribution in [0.1, 0.15) is 31.8 Å². The first kappa shape index (κ1) is 33.7. The number of hydrogen-bond donors (Lipinski definition) is 0. The number of rotatable bonds is 8. The van der Waals surface area contributed by atoms with Crippen LogP contribution in [0.2, 0.25) is 0 Å². The Morgan fingerprint density at radius 3 is 1.53 bits per heavy atom. The zero-order valence-electron chi connectivity index (χ0n) is 44.9. The maximum absolute atomic E-state index is 10.4. The molecule has 0 N–H and O–H groups in total. The molecule has 2 heterocycles. The first-order valence-electron chi connectivity index (χ1n) is 27.3. The Bertz CT molecular complexity index is 4400. The van der Waals surface area contributed by atoms with Crippen LogP contribution < -0.4 is 20.7 Å². The van der Waals surface area contributed by atoms with Gasteiger partial charge in [-0.05, 0) is 109 Å². The van der Waals surface area contributed by atoms with Gasteiger partial charge in [0.1, 0.15) is 0 Å². The molecule has 1 aliphatic carbocycles. The smallest absolute Gasteiger partial charge is 0.179 e. The van der Waals surface area contributed by atoms with Gasteiger partial charge < -0.3 is 9.13 Å². The van der Waals surface area contributed by atoms with E-state index >= 15 is 0 Å². The molecule has 0 saturated heterocycles. The molecule has 0 fully saturated rings. The van der Waals surface area contributed by atoms with E-state index in [1.165, 1.54) is 22.3 Å². The van der Waals surface area contributed by atoms with E-state index in [-0.39, 0.29) is 57.7 Å². The van der Waals surface area contributed by atoms with Gasteiger partial charge in [-0.2, -0.15) is 0 Å². The number of aromatic nitrogens is 2. The predicted molar refractivity (Wildman–Crippen MR) is 296 cm³/mol. The van der Waals surface area contributed by atoms with Gasteiger partial charge in [-0.15, -0.1) is 0 Å². The lowest BCUT2D eigenvalue weighted by Gasteiger charge is -2.34. The summed E-state index contributed by atoms with van der Waals surface area (Å²) < 4.78 is 71.7. The summed E-state index contributed by atoms with van der Waals surface area (Å²) in [5.41, 5.74) is 8.73. The quantitative estimate of drug-likeness (QED) is 0.106. The van der Waals surface area contributed by atoms with Gasteiger partial charge in [-0.1, -0.05) is 224 Å². The van der Waals surface area contributed by atoms with Gasteiger partial charge in [-0.3, -0.25) is 0 Å². The average Bonchev–Trinajstić information content (AvgIpc) is 4.35. The fourth-order valence-corrected chi connectivity index (χ4v) is 16.8. The van der Waals surface area contributed by atoms with Gasteiger partial charge in [0, 0.05) is 32.9 Å². The molecule has 0 bridgehead atoms. The molecule has 328 valence electrons. The molecule has 11 aromatic carbocycles. The lowest BCUT2D eigenvalue weighted by molar-refractivity contribution is 0.770. The SMILES string of the molecule is [2H]c1c([2H])c([2H])c2c(c1[2H])c1c([2H])c(-n3c4ccccc4c4cc(C5(c6ccccc6)c6ccccc6-c6ccccc65)ccc43)c([2H])c([2H])c1n2-c1cccc([Si](c2ccccc2)(c2ccccc2)c2ccccc2)c1. The lowest BCUT2D eigenvalue weighted by Crippen LogP contribution is -2.74. The van der Waals surface area contributed by atoms with E-state index in [1.54, 1.807) is 4.57 Å². The Hall–Kier alpha value is -8.76. The summed E-state index contributed by atoms with van der Waals surface area (Å²) in [6.07, 6.45) is 0. The summed E-state index contributed by atoms with van der Waals surface area (Å²) >= 11 is 0. The molecular formula is C67H46N2Si. The zero-order valence-corrected chi connectivity index (χ0v) is 38.9. The average molecular weight is 914 g/mol. The molecule has 14 rings (SSSR count). The number of para-hydroxylation sites is 2. The van der Waals surface area contributed by atoms with Crippen LogP contribution >= 0.6 is 0 Å². The topological polar surface area (TPSA) is 9.86 Å². The van der Waals surface area contributed by atoms with Crippen molar-refractivity contribution in [2.45, 2.75) is 5.41 Å². The largest absolute Gasteiger partial charge is 0.309 e. The second kappa shape index (κ2) is 15.9. The molecule has 0 spiro atoms. The van der Waals surface area contributed by atoms with Crippen molar-refractivity contribution in [1.29, 1.82) is 0 Å². The first-order chi connectivity index (χ1) is 37.7. The summed E-state index contributed by atoms with van der Waals surface area (Å²) in [4.78, 5) is 0. The fourth-order valence-electron chi connectivity index (χ4n) is 12.0. The van der Waals surface area contributed by atoms with Crippen LogP contribution in [0.5, 0.6) is 0 Å². The van der Waals surface area contributed by atoms with Crippen LogP contribution in [0.3, 0.4) is 0 Å². The highest BCUT2D eigenvalue weighted by Gasteiger charge is 2.46. The summed E-state index contributed by atoms with van der Waals surface area (Å²) in [6.45, 7) is 0. The van der Waals surface area contributed by atoms with Gasteiger partial charge >= 0.3 is 0 Å². The second-order valence-electron chi connectivity index (χ2n) is 18.2. The lowest BCUT2D eigenvalue weighted by atomic mass is 9.67. The monoisotopic (exact) mass is 913 g/mol. The fraction of sp³-hybridized carbons (Fsp3) is 0.0149. The molecule has 13 aromatic rings. The molecular weight excluding hydrogens is 861 g/mol. The third-order valence-electron chi connectivity index (χ3n) is 14.8. The minimum Gasteiger partial charge on any atom is -0.309 e. The van der Waals surface area contributed by atoms with Crippen LogP contribution in [0, 0.1) is 0 Å². The number of hydrogen-bond acceptors (Lipinski definition) is 0. The Balaban J connectivity index is 1.05. The molecule has 0 radical (unpaired) electrons. The Morgan fingerprint density at radius 2 is 0.857 bits per heavy atom. The van der Waals surface area contributed by atoms with E-state index in [0.717, 1.165) is 53.7 Å². The number of nitrogens with zero attached hydrogens (tertiary/aromatic N) is 2. The van der Waals surface area contributed by atoms with Crippen LogP contribution in [0.15, 0.2) is 279 Å². The highest BCUT2D eigenvalue weighted by atomic mass is 28.3. The van der Waals surface area contributed by atoms with E-state index in [0.29, 0.717) is 5.69 Å². The van der Waals surface area contributed by atoms with Crippen molar-refractivity contribution < 1.29 is 9.60 Å². The van der Waals surface area contributed by atoms with E-state index in [4.69, 9.17) is 2.74 Å². The number of benzene rings is 11. The third kappa shape index (κ3) is 5.73. The predicted octanol–water partition coefficient (Wildman–Crippen LogP) is 13.6. The van der Waals surface area contributed by atoms with Crippen molar-refractivity contribution in [3.8, 4) is 22.5 Å². The summed E-state index contributed by atoms with van der Waals surface area (Å²) in [5, 5.41) is 6.58. The van der Waals surface area contributed by atoms with E-state index in [2.05, 4.69) is 182 Å². The minimum absolute atomic E-state index is 0.112. The highest BCUT2D eigenvalue weighted by Crippen LogP contribution is 2.56. The Labute approximate surface area is 418 Å². The van der Waals surface area contributed by atoms with Crippen LogP contribution in [-0.2, 0) is 5.41 Å². The molecule has 3 heteroatoms. The van der Waals surface area contributed by atoms with Gasteiger partial charge in [0.2, 0.25) is 0 Å². The van der Waals surface area contributed by atoms with E-state index in [1.807, 2.05) is 59.2 Å². The van der Waals surface area contributed by atoms with Gasteiger partial charge in [-0.25, -0.2) is 0 Å². The van der Waals surface area contributed by atoms with Crippen molar-refractivity contribution in [2.75, 3.05) is 0 Å². The Morgan fingerprint density at radius 1 is 0.329 bits per heavy atom. The zero-order chi connectivity index (χ0) is 52.3. The Kier molecular flexibility index (Phi) is 7.66. The van der Waals surface area contributed by atoms with Crippen molar-refractivity contribution in [3.05, 3.63) is 301 Å². The van der Waals surface area contributed by atoms with Crippen LogP contribution in [0.4, 0.5) is 0 Å². The molecule has 2 aromatic heterocycles. The molecule has 0 unspecified atom stereocenters. The van der Waals surface area contributed by atoms with E-state index in [9.17, 15) is 6.85 Å². The standard InChI is InChI=1S/C67H46N2Si/c1-5-22-47(23-6-1)67(61-36-17-13-32-55(61)56-33-14-18-37-62(56)67)48-40-42-65-59(44-48)57-34-15-19-38-63(57)69(65)50-41-43-66-60(46-50)58-35-16-20-39-64(58)68(66)49-24-21-31-54(45-49)70(51-25-7-2-8-26-51,52-27-9-3-10-28-52)53-29-11-4-12-30-53/h1-46H/i16D,20D,35D,39D,41D,43D,46D. The molecule has 0 amide bonds. The maximum Gasteiger partial charge on any atom is 0.179 e. The minimum atomic E-state index is -3.12. The highest BCUT2D eigenvalue weighted by molar-refractivity contribution is 7.19. The second-order valence-corrected chi connectivity index (χ2v) is 22.0. The summed E-state index contributed by atoms with van der Waals surface area (Å²) in [6, 6.07) is 80.1. The van der Waals surface area contributed by atoms with Crippen molar-refractivity contribution in [2.24, 2.45) is 0 Å². The van der Waals surface area contributed by atoms with Crippen molar-refractivity contribution >= 4 is 72.4 Å². The first-order valence-corrected chi connectivity index (χ1v) is 25.8. The maximum atomic E-state index is 10.4. The molecule has 70 heavy (non-hydrogen) atoms. The van der Waals surface area contributed by atoms with E-state index < -0.39 is 25.6 Å². The molecule has 1 aliphatic rings. The summed E-state index contributed by atoms with van der Waals surface area (Å²) in [7, 11) is -3.12. The molecule has 2 nitrogen and oxygen atoms in total. The normalized spacial score (nSPS) is 14.4. The van der Waals surface area contributed by atoms with Gasteiger partial charge in [0.05, 0.1) is 37.1 Å². The summed E-state index contributed by atoms with van der Waals surface area (Å²) in [5.74, 6) is 0. The van der Waals surface area contributed by atoms with Crippen LogP contribution in [-0.4, -0.2) is 17.2 Å². The molecule has 0 saturated carbocycles. The van der Waals surface area contributed by atoms with Gasteiger partial charge in [0.25, 0.3) is 0 Å². The van der Waals surface area contributed by atoms with Gasteiger partial charge in [0.15, 0.2) is 8.07 Å². The molecule has 0 atom stereocenters. The third-order valence-corrected chi connectivity index (χ3v) is 19.6.